The number of benzene rings is 4. The molecule has 0 heterocycles. The van der Waals surface area contributed by atoms with E-state index in [2.05, 4.69) is 110 Å². The van der Waals surface area contributed by atoms with E-state index in [9.17, 15) is 0 Å². The molecule has 6 rings (SSSR count). The first-order valence-electron chi connectivity index (χ1n) is 11.1. The standard InChI is InChI=1S/C14H13.C13H9.C5H5.CH3.Zr/c1-12(13-8-4-2-5-9-13)14-10-6-3-7-11-14;1-3-7-12-10(5-1)9-11-6-2-4-8-13(11)12;1-2-4-5-3-1;;/h2-12H,1H2;1-5,7-8H,9H2;1-3H,4H2;1H3;/q4*-1;+4. The van der Waals surface area contributed by atoms with E-state index in [1.807, 2.05) is 30.4 Å². The van der Waals surface area contributed by atoms with Crippen molar-refractivity contribution in [3.63, 3.8) is 0 Å². The molecule has 0 saturated carbocycles. The quantitative estimate of drug-likeness (QED) is 0.206. The van der Waals surface area contributed by atoms with Gasteiger partial charge in [-0.05, 0) is 6.42 Å². The van der Waals surface area contributed by atoms with Gasteiger partial charge in [0.1, 0.15) is 0 Å². The van der Waals surface area contributed by atoms with Crippen LogP contribution in [0.25, 0.3) is 11.1 Å². The molecule has 0 N–H and O–H groups in total. The Bertz CT molecular complexity index is 1080. The molecular formula is C33H30Zr. The van der Waals surface area contributed by atoms with E-state index in [1.165, 1.54) is 33.4 Å². The Kier molecular flexibility index (Phi) is 11.7. The smallest absolute Gasteiger partial charge is 0.358 e. The van der Waals surface area contributed by atoms with Crippen molar-refractivity contribution in [1.82, 2.24) is 0 Å². The van der Waals surface area contributed by atoms with Crippen LogP contribution < -0.4 is 0 Å². The molecule has 34 heavy (non-hydrogen) atoms. The predicted octanol–water partition coefficient (Wildman–Crippen LogP) is 8.46. The van der Waals surface area contributed by atoms with Gasteiger partial charge in [0.2, 0.25) is 0 Å². The van der Waals surface area contributed by atoms with E-state index in [-0.39, 0.29) is 39.5 Å². The summed E-state index contributed by atoms with van der Waals surface area (Å²) in [6, 6.07) is 38.8. The zero-order valence-corrected chi connectivity index (χ0v) is 22.2. The van der Waals surface area contributed by atoms with Gasteiger partial charge < -0.3 is 14.4 Å². The van der Waals surface area contributed by atoms with Crippen molar-refractivity contribution in [2.24, 2.45) is 0 Å². The van der Waals surface area contributed by atoms with Gasteiger partial charge in [-0.2, -0.15) is 35.9 Å². The third kappa shape index (κ3) is 7.37. The van der Waals surface area contributed by atoms with Crippen LogP contribution in [0.2, 0.25) is 0 Å². The van der Waals surface area contributed by atoms with Crippen LogP contribution in [0.4, 0.5) is 0 Å². The second-order valence-corrected chi connectivity index (χ2v) is 7.77. The summed E-state index contributed by atoms with van der Waals surface area (Å²) in [4.78, 5) is 0. The van der Waals surface area contributed by atoms with Gasteiger partial charge in [-0.1, -0.05) is 107 Å². The van der Waals surface area contributed by atoms with E-state index < -0.39 is 0 Å². The van der Waals surface area contributed by atoms with Gasteiger partial charge in [-0.3, -0.25) is 6.08 Å². The Morgan fingerprint density at radius 2 is 1.29 bits per heavy atom. The molecule has 0 radical (unpaired) electrons. The third-order valence-corrected chi connectivity index (χ3v) is 5.61. The summed E-state index contributed by atoms with van der Waals surface area (Å²) < 4.78 is 0. The van der Waals surface area contributed by atoms with E-state index in [1.54, 1.807) is 0 Å². The van der Waals surface area contributed by atoms with Crippen LogP contribution in [-0.2, 0) is 32.6 Å². The summed E-state index contributed by atoms with van der Waals surface area (Å²) in [5.74, 6) is 0.234. The van der Waals surface area contributed by atoms with Gasteiger partial charge in [-0.15, -0.1) is 17.9 Å². The molecule has 0 spiro atoms. The first-order valence-corrected chi connectivity index (χ1v) is 11.1. The molecule has 166 valence electrons. The maximum Gasteiger partial charge on any atom is 4.00 e. The SMILES string of the molecule is [C-]1=CC=CC1.[CH2-]C(c1ccccc1)c1ccccc1.[CH3-].[Zr+4].[c-]1cccc2c1Cc1ccccc1-2. The van der Waals surface area contributed by atoms with Crippen molar-refractivity contribution in [3.8, 4) is 11.1 Å². The number of hydrogen-bond donors (Lipinski definition) is 0. The van der Waals surface area contributed by atoms with Crippen LogP contribution in [0.1, 0.15) is 34.6 Å². The molecule has 0 unspecified atom stereocenters. The Labute approximate surface area is 225 Å². The Hall–Kier alpha value is -2.76. The summed E-state index contributed by atoms with van der Waals surface area (Å²) in [7, 11) is 0. The first-order chi connectivity index (χ1) is 15.8. The van der Waals surface area contributed by atoms with Crippen LogP contribution in [-0.4, -0.2) is 0 Å². The van der Waals surface area contributed by atoms with Gasteiger partial charge in [0.25, 0.3) is 0 Å². The minimum Gasteiger partial charge on any atom is -0.358 e. The fraction of sp³-hybridized carbons (Fsp3) is 0.0909. The summed E-state index contributed by atoms with van der Waals surface area (Å²) in [6.45, 7) is 4.18. The second kappa shape index (κ2) is 14.5. The minimum absolute atomic E-state index is 0. The topological polar surface area (TPSA) is 0 Å². The minimum atomic E-state index is 0. The molecule has 4 aromatic rings. The Balaban J connectivity index is 0.000000191. The third-order valence-electron chi connectivity index (χ3n) is 5.61. The van der Waals surface area contributed by atoms with Crippen molar-refractivity contribution in [2.75, 3.05) is 0 Å². The van der Waals surface area contributed by atoms with E-state index in [4.69, 9.17) is 0 Å². The van der Waals surface area contributed by atoms with Gasteiger partial charge in [0.05, 0.1) is 0 Å². The molecule has 0 atom stereocenters. The van der Waals surface area contributed by atoms with E-state index >= 15 is 0 Å². The fourth-order valence-corrected chi connectivity index (χ4v) is 3.90. The van der Waals surface area contributed by atoms with E-state index in [0.717, 1.165) is 12.8 Å². The normalized spacial score (nSPS) is 11.6. The fourth-order valence-electron chi connectivity index (χ4n) is 3.90. The van der Waals surface area contributed by atoms with Gasteiger partial charge in [0, 0.05) is 0 Å². The Morgan fingerprint density at radius 3 is 1.85 bits per heavy atom. The Morgan fingerprint density at radius 1 is 0.706 bits per heavy atom. The average Bonchev–Trinajstić information content (AvgIpc) is 3.57. The zero-order chi connectivity index (χ0) is 22.0. The second-order valence-electron chi connectivity index (χ2n) is 7.77. The van der Waals surface area contributed by atoms with Crippen molar-refractivity contribution >= 4 is 0 Å². The largest absolute Gasteiger partial charge is 4.00 e. The molecule has 0 saturated heterocycles. The molecule has 0 nitrogen and oxygen atoms in total. The van der Waals surface area contributed by atoms with Gasteiger partial charge in [0.15, 0.2) is 0 Å². The van der Waals surface area contributed by atoms with Gasteiger partial charge in [-0.25, -0.2) is 12.2 Å². The summed E-state index contributed by atoms with van der Waals surface area (Å²) in [6.07, 6.45) is 11.0. The molecule has 2 aliphatic rings. The van der Waals surface area contributed by atoms with Crippen LogP contribution in [0.5, 0.6) is 0 Å². The molecule has 1 heteroatoms. The summed E-state index contributed by atoms with van der Waals surface area (Å²) >= 11 is 0. The molecular weight excluding hydrogens is 488 g/mol. The van der Waals surface area contributed by atoms with Crippen molar-refractivity contribution in [2.45, 2.75) is 18.8 Å². The van der Waals surface area contributed by atoms with Crippen LogP contribution in [0, 0.1) is 26.5 Å². The molecule has 0 bridgehead atoms. The predicted molar refractivity (Wildman–Crippen MR) is 142 cm³/mol. The molecule has 0 aliphatic heterocycles. The monoisotopic (exact) mass is 516 g/mol. The maximum absolute atomic E-state index is 4.18. The van der Waals surface area contributed by atoms with Gasteiger partial charge >= 0.3 is 26.2 Å². The zero-order valence-electron chi connectivity index (χ0n) is 19.7. The van der Waals surface area contributed by atoms with E-state index in [0.29, 0.717) is 0 Å². The van der Waals surface area contributed by atoms with Crippen molar-refractivity contribution in [1.29, 1.82) is 0 Å². The molecule has 0 amide bonds. The van der Waals surface area contributed by atoms with Crippen molar-refractivity contribution in [3.05, 3.63) is 170 Å². The average molecular weight is 518 g/mol. The number of allylic oxidation sites excluding steroid dienone is 4. The summed E-state index contributed by atoms with van der Waals surface area (Å²) in [5.41, 5.74) is 8.04. The van der Waals surface area contributed by atoms with Crippen LogP contribution >= 0.6 is 0 Å². The number of rotatable bonds is 2. The first kappa shape index (κ1) is 27.5. The number of hydrogen-bond acceptors (Lipinski definition) is 0. The number of fused-ring (bicyclic) bond motifs is 3. The summed E-state index contributed by atoms with van der Waals surface area (Å²) in [5, 5.41) is 0. The van der Waals surface area contributed by atoms with Crippen LogP contribution in [0.3, 0.4) is 0 Å². The molecule has 0 fully saturated rings. The molecule has 2 aliphatic carbocycles. The van der Waals surface area contributed by atoms with Crippen LogP contribution in [0.15, 0.2) is 121 Å². The maximum atomic E-state index is 4.18. The van der Waals surface area contributed by atoms with Crippen molar-refractivity contribution < 1.29 is 26.2 Å². The molecule has 4 aromatic carbocycles. The molecule has 0 aromatic heterocycles.